The number of H-pyrrole nitrogens is 1. The average Bonchev–Trinajstić information content (AvgIpc) is 2.96. The number of benzene rings is 1. The maximum absolute atomic E-state index is 12.2. The van der Waals surface area contributed by atoms with E-state index in [4.69, 9.17) is 18.3 Å². The van der Waals surface area contributed by atoms with Crippen molar-refractivity contribution in [3.63, 3.8) is 0 Å². The molecule has 0 bridgehead atoms. The molecule has 1 saturated heterocycles. The van der Waals surface area contributed by atoms with E-state index in [-0.39, 0.29) is 12.0 Å². The monoisotopic (exact) mass is 353 g/mol. The molecule has 2 radical (unpaired) electrons. The van der Waals surface area contributed by atoms with Gasteiger partial charge in [-0.3, -0.25) is 4.79 Å². The second-order valence-corrected chi connectivity index (χ2v) is 7.84. The Hall–Kier alpha value is -2.44. The van der Waals surface area contributed by atoms with Gasteiger partial charge in [-0.2, -0.15) is 0 Å². The number of nitrogens with two attached hydrogens (primary N) is 1. The Bertz CT molecular complexity index is 846. The van der Waals surface area contributed by atoms with Gasteiger partial charge in [-0.05, 0) is 45.1 Å². The van der Waals surface area contributed by atoms with Gasteiger partial charge in [0.2, 0.25) is 0 Å². The summed E-state index contributed by atoms with van der Waals surface area (Å²) in [6.07, 6.45) is 3.31. The predicted molar refractivity (Wildman–Crippen MR) is 102 cm³/mol. The van der Waals surface area contributed by atoms with Crippen molar-refractivity contribution in [2.75, 3.05) is 13.1 Å². The van der Waals surface area contributed by atoms with Gasteiger partial charge >= 0.3 is 6.09 Å². The molecule has 0 unspecified atom stereocenters. The zero-order valence-corrected chi connectivity index (χ0v) is 15.5. The van der Waals surface area contributed by atoms with E-state index in [2.05, 4.69) is 4.98 Å². The molecule has 2 aromatic rings. The second-order valence-electron chi connectivity index (χ2n) is 7.84. The number of nitrogens with one attached hydrogen (secondary N) is 1. The third kappa shape index (κ3) is 3.71. The van der Waals surface area contributed by atoms with Crippen LogP contribution in [-0.4, -0.2) is 48.4 Å². The number of ether oxygens (including phenoxy) is 1. The van der Waals surface area contributed by atoms with E-state index < -0.39 is 11.5 Å². The Morgan fingerprint density at radius 3 is 2.50 bits per heavy atom. The first-order chi connectivity index (χ1) is 12.2. The van der Waals surface area contributed by atoms with Crippen molar-refractivity contribution >= 4 is 36.2 Å². The molecule has 1 aliphatic heterocycles. The Kier molecular flexibility index (Phi) is 4.73. The summed E-state index contributed by atoms with van der Waals surface area (Å²) in [6, 6.07) is 3.46. The first kappa shape index (κ1) is 18.4. The number of carbonyl (C=O) groups is 2. The molecule has 1 aromatic heterocycles. The number of nitrogens with zero attached hydrogens (tertiary/aromatic N) is 1. The number of likely N-dealkylation sites (tertiary alicyclic amines) is 1. The lowest BCUT2D eigenvalue weighted by Gasteiger charge is -2.33. The summed E-state index contributed by atoms with van der Waals surface area (Å²) >= 11 is 0. The fourth-order valence-electron chi connectivity index (χ4n) is 3.51. The van der Waals surface area contributed by atoms with E-state index in [1.807, 2.05) is 33.0 Å². The van der Waals surface area contributed by atoms with Crippen LogP contribution < -0.4 is 11.2 Å². The van der Waals surface area contributed by atoms with Crippen molar-refractivity contribution in [2.24, 2.45) is 5.73 Å². The minimum atomic E-state index is -0.504. The van der Waals surface area contributed by atoms with Gasteiger partial charge in [0.1, 0.15) is 13.4 Å². The molecule has 0 aliphatic carbocycles. The number of aromatic amines is 1. The molecule has 1 aromatic carbocycles. The molecule has 2 heterocycles. The summed E-state index contributed by atoms with van der Waals surface area (Å²) in [7, 11) is 5.95. The fraction of sp³-hybridized carbons (Fsp3) is 0.474. The number of hydrogen-bond donors (Lipinski definition) is 2. The summed E-state index contributed by atoms with van der Waals surface area (Å²) < 4.78 is 5.44. The van der Waals surface area contributed by atoms with E-state index in [0.29, 0.717) is 24.1 Å². The van der Waals surface area contributed by atoms with Gasteiger partial charge in [0.15, 0.2) is 0 Å². The number of fused-ring (bicyclic) bond motifs is 1. The standard InChI is InChI=1S/C19H24BN3O3/c1-19(2,3)26-18(25)23-6-4-11(5-7-23)15-10-22-16-13(15)8-12(20)9-14(16)17(21)24/h8-11,22H,4-7H2,1-3H3,(H2,21,24). The van der Waals surface area contributed by atoms with Crippen LogP contribution in [0.4, 0.5) is 4.79 Å². The lowest BCUT2D eigenvalue weighted by atomic mass is 9.86. The van der Waals surface area contributed by atoms with Crippen molar-refractivity contribution in [2.45, 2.75) is 45.1 Å². The van der Waals surface area contributed by atoms with Crippen LogP contribution in [-0.2, 0) is 4.74 Å². The summed E-state index contributed by atoms with van der Waals surface area (Å²) in [4.78, 5) is 28.8. The molecule has 0 saturated carbocycles. The lowest BCUT2D eigenvalue weighted by Crippen LogP contribution is -2.41. The van der Waals surface area contributed by atoms with Gasteiger partial charge in [-0.25, -0.2) is 4.79 Å². The van der Waals surface area contributed by atoms with Crippen LogP contribution in [0.3, 0.4) is 0 Å². The zero-order chi connectivity index (χ0) is 19.1. The molecule has 26 heavy (non-hydrogen) atoms. The van der Waals surface area contributed by atoms with Crippen molar-refractivity contribution in [3.8, 4) is 0 Å². The molecule has 1 fully saturated rings. The average molecular weight is 353 g/mol. The maximum atomic E-state index is 12.2. The minimum Gasteiger partial charge on any atom is -0.444 e. The van der Waals surface area contributed by atoms with Crippen LogP contribution >= 0.6 is 0 Å². The third-order valence-corrected chi connectivity index (χ3v) is 4.70. The van der Waals surface area contributed by atoms with E-state index in [1.54, 1.807) is 11.0 Å². The first-order valence-electron chi connectivity index (χ1n) is 8.84. The van der Waals surface area contributed by atoms with Gasteiger partial charge in [0.05, 0.1) is 11.1 Å². The number of piperidine rings is 1. The molecule has 2 amide bonds. The van der Waals surface area contributed by atoms with Crippen molar-refractivity contribution in [1.29, 1.82) is 0 Å². The van der Waals surface area contributed by atoms with Crippen LogP contribution in [0.5, 0.6) is 0 Å². The molecule has 136 valence electrons. The van der Waals surface area contributed by atoms with Crippen molar-refractivity contribution in [3.05, 3.63) is 29.5 Å². The Morgan fingerprint density at radius 2 is 1.92 bits per heavy atom. The van der Waals surface area contributed by atoms with Crippen molar-refractivity contribution < 1.29 is 14.3 Å². The normalized spacial score (nSPS) is 16.0. The van der Waals surface area contributed by atoms with Gasteiger partial charge in [0.25, 0.3) is 5.91 Å². The number of amides is 2. The van der Waals surface area contributed by atoms with Crippen LogP contribution in [0, 0.1) is 0 Å². The molecular weight excluding hydrogens is 329 g/mol. The number of carbonyl (C=O) groups excluding carboxylic acids is 2. The quantitative estimate of drug-likeness (QED) is 0.811. The highest BCUT2D eigenvalue weighted by molar-refractivity contribution is 6.34. The zero-order valence-electron chi connectivity index (χ0n) is 15.5. The van der Waals surface area contributed by atoms with Crippen LogP contribution in [0.1, 0.15) is 55.5 Å². The minimum absolute atomic E-state index is 0.268. The SMILES string of the molecule is [B]c1cc(C(N)=O)c2[nH]cc(C3CCN(C(=O)OC(C)(C)C)CC3)c2c1. The summed E-state index contributed by atoms with van der Waals surface area (Å²) in [5, 5.41) is 0.925. The number of rotatable bonds is 2. The molecule has 3 rings (SSSR count). The lowest BCUT2D eigenvalue weighted by molar-refractivity contribution is 0.0205. The number of primary amides is 1. The molecule has 0 atom stereocenters. The second kappa shape index (κ2) is 6.70. The van der Waals surface area contributed by atoms with E-state index >= 15 is 0 Å². The molecule has 7 heteroatoms. The molecule has 6 nitrogen and oxygen atoms in total. The van der Waals surface area contributed by atoms with Crippen LogP contribution in [0.25, 0.3) is 10.9 Å². The van der Waals surface area contributed by atoms with Gasteiger partial charge in [0, 0.05) is 24.7 Å². The summed E-state index contributed by atoms with van der Waals surface area (Å²) in [5.41, 5.74) is 7.71. The smallest absolute Gasteiger partial charge is 0.410 e. The highest BCUT2D eigenvalue weighted by Crippen LogP contribution is 2.34. The van der Waals surface area contributed by atoms with Gasteiger partial charge < -0.3 is 20.4 Å². The van der Waals surface area contributed by atoms with E-state index in [9.17, 15) is 9.59 Å². The molecule has 3 N–H and O–H groups in total. The Labute approximate surface area is 154 Å². The van der Waals surface area contributed by atoms with Gasteiger partial charge in [-0.1, -0.05) is 17.6 Å². The largest absolute Gasteiger partial charge is 0.444 e. The molecule has 1 aliphatic rings. The maximum Gasteiger partial charge on any atom is 0.410 e. The first-order valence-corrected chi connectivity index (χ1v) is 8.84. The van der Waals surface area contributed by atoms with Crippen LogP contribution in [0.15, 0.2) is 18.3 Å². The Balaban J connectivity index is 1.78. The highest BCUT2D eigenvalue weighted by Gasteiger charge is 2.28. The number of aromatic nitrogens is 1. The van der Waals surface area contributed by atoms with Crippen LogP contribution in [0.2, 0.25) is 0 Å². The predicted octanol–water partition coefficient (Wildman–Crippen LogP) is 2.18. The van der Waals surface area contributed by atoms with Gasteiger partial charge in [-0.15, -0.1) is 0 Å². The topological polar surface area (TPSA) is 88.4 Å². The van der Waals surface area contributed by atoms with E-state index in [0.717, 1.165) is 29.3 Å². The Morgan fingerprint density at radius 1 is 1.27 bits per heavy atom. The van der Waals surface area contributed by atoms with Crippen molar-refractivity contribution in [1.82, 2.24) is 9.88 Å². The fourth-order valence-corrected chi connectivity index (χ4v) is 3.51. The number of hydrogen-bond acceptors (Lipinski definition) is 3. The highest BCUT2D eigenvalue weighted by atomic mass is 16.6. The third-order valence-electron chi connectivity index (χ3n) is 4.70. The molecular formula is C19H24BN3O3. The molecule has 0 spiro atoms. The summed E-state index contributed by atoms with van der Waals surface area (Å²) in [6.45, 7) is 6.87. The van der Waals surface area contributed by atoms with E-state index in [1.165, 1.54) is 0 Å². The summed E-state index contributed by atoms with van der Waals surface area (Å²) in [5.74, 6) is -0.222.